The SMILES string of the molecule is CC(C)(C)c1ccc2c(c1)C(C(=O)O)=CC(=O)C2.CC(C)(C)c1ccc2c(c1)C(C(N)=O)=CC(=O)C2.CC(C)(C)c1ccc2c(c1)C(O)=CC(=O)C2.CN(C)C(=O)C1=CC(=O)Cc2ccc(C(C)(C)C)cc21.CNC(=O)C1=CC(=O)Cc2ccc(C(C)(C)C)cc21. The second-order valence-electron chi connectivity index (χ2n) is 29.0. The molecular formula is C77H89N3O11. The van der Waals surface area contributed by atoms with E-state index in [0.717, 1.165) is 66.8 Å². The van der Waals surface area contributed by atoms with Crippen LogP contribution in [0, 0.1) is 0 Å². The molecule has 0 atom stereocenters. The van der Waals surface area contributed by atoms with E-state index in [0.29, 0.717) is 48.0 Å². The molecule has 0 bridgehead atoms. The number of aliphatic hydroxyl groups is 1. The summed E-state index contributed by atoms with van der Waals surface area (Å²) >= 11 is 0. The Hall–Kier alpha value is -9.17. The van der Waals surface area contributed by atoms with Crippen LogP contribution in [0.1, 0.15) is 187 Å². The van der Waals surface area contributed by atoms with E-state index in [1.165, 1.54) is 46.4 Å². The number of carbonyl (C=O) groups is 9. The summed E-state index contributed by atoms with van der Waals surface area (Å²) in [5.41, 5.74) is 21.0. The molecule has 3 amide bonds. The molecule has 10 rings (SSSR count). The van der Waals surface area contributed by atoms with Crippen molar-refractivity contribution in [3.8, 4) is 0 Å². The van der Waals surface area contributed by atoms with Gasteiger partial charge in [0.05, 0.1) is 22.3 Å². The van der Waals surface area contributed by atoms with Crippen molar-refractivity contribution >= 4 is 80.7 Å². The van der Waals surface area contributed by atoms with Gasteiger partial charge in [-0.05, 0) is 135 Å². The minimum absolute atomic E-state index is 0.000752. The highest BCUT2D eigenvalue weighted by atomic mass is 16.4. The van der Waals surface area contributed by atoms with Crippen LogP contribution in [0.5, 0.6) is 0 Å². The van der Waals surface area contributed by atoms with Crippen LogP contribution in [0.25, 0.3) is 28.1 Å². The van der Waals surface area contributed by atoms with Gasteiger partial charge in [-0.3, -0.25) is 38.4 Å². The molecular weight excluding hydrogens is 1140 g/mol. The lowest BCUT2D eigenvalue weighted by molar-refractivity contribution is -0.130. The highest BCUT2D eigenvalue weighted by molar-refractivity contribution is 6.27. The fourth-order valence-electron chi connectivity index (χ4n) is 10.7. The molecule has 0 aromatic heterocycles. The van der Waals surface area contributed by atoms with Gasteiger partial charge in [0, 0.05) is 64.9 Å². The third kappa shape index (κ3) is 17.8. The van der Waals surface area contributed by atoms with E-state index in [1.54, 1.807) is 21.1 Å². The Bertz CT molecular complexity index is 3870. The van der Waals surface area contributed by atoms with Crippen molar-refractivity contribution in [1.82, 2.24) is 10.2 Å². The standard InChI is InChI=1S/C17H21NO2.C16H19NO2.C15H17NO2.C15H16O3.C14H16O2/c1-17(2,3)12-7-6-11-8-13(19)10-15(14(11)9-12)16(20)18(4)5;1-16(2,3)11-6-5-10-7-12(18)9-14(13(10)8-11)15(19)17-4;1-15(2,3)10-5-4-9-6-11(17)8-13(14(16)18)12(9)7-10;1-15(2,3)10-5-4-9-6-11(16)8-13(14(17)18)12(9)7-10;1-14(2,3)10-5-4-9-6-11(15)8-13(16)12(9)7-10/h6-7,9-10H,8H2,1-5H3;5-6,8-9H,7H2,1-4H3,(H,17,19);4-5,7-8H,6H2,1-3H3,(H2,16,18);4-5,7-8H,6H2,1-3H3,(H,17,18);4-5,7-8,16H,6H2,1-3H3. The number of carbonyl (C=O) groups excluding carboxylic acids is 8. The second kappa shape index (κ2) is 27.5. The highest BCUT2D eigenvalue weighted by Gasteiger charge is 2.30. The first-order valence-corrected chi connectivity index (χ1v) is 30.6. The van der Waals surface area contributed by atoms with Crippen molar-refractivity contribution in [2.24, 2.45) is 5.73 Å². The van der Waals surface area contributed by atoms with Crippen LogP contribution >= 0.6 is 0 Å². The number of amides is 3. The first-order valence-electron chi connectivity index (χ1n) is 30.6. The summed E-state index contributed by atoms with van der Waals surface area (Å²) in [6.45, 7) is 31.7. The zero-order valence-corrected chi connectivity index (χ0v) is 56.2. The Balaban J connectivity index is 0.000000181. The third-order valence-corrected chi connectivity index (χ3v) is 16.3. The molecule has 5 aliphatic rings. The fraction of sp³-hybridized carbons (Fsp3) is 0.364. The molecule has 0 aliphatic heterocycles. The average molecular weight is 1230 g/mol. The maximum Gasteiger partial charge on any atom is 0.336 e. The van der Waals surface area contributed by atoms with E-state index in [4.69, 9.17) is 5.73 Å². The van der Waals surface area contributed by atoms with Gasteiger partial charge < -0.3 is 26.2 Å². The molecule has 0 spiro atoms. The average Bonchev–Trinajstić information content (AvgIpc) is 0.855. The van der Waals surface area contributed by atoms with Gasteiger partial charge in [-0.15, -0.1) is 0 Å². The van der Waals surface area contributed by atoms with Crippen molar-refractivity contribution in [2.75, 3.05) is 21.1 Å². The van der Waals surface area contributed by atoms with Gasteiger partial charge in [0.25, 0.3) is 11.8 Å². The van der Waals surface area contributed by atoms with Gasteiger partial charge in [-0.25, -0.2) is 4.79 Å². The fourth-order valence-corrected chi connectivity index (χ4v) is 10.7. The number of aliphatic hydroxyl groups excluding tert-OH is 1. The predicted molar refractivity (Wildman–Crippen MR) is 361 cm³/mol. The lowest BCUT2D eigenvalue weighted by atomic mass is 9.81. The number of carboxylic acids is 1. The summed E-state index contributed by atoms with van der Waals surface area (Å²) in [6, 6.07) is 29.7. The normalized spacial score (nSPS) is 15.0. The highest BCUT2D eigenvalue weighted by Crippen LogP contribution is 2.36. The number of primary amides is 1. The monoisotopic (exact) mass is 1230 g/mol. The maximum absolute atomic E-state index is 12.3. The summed E-state index contributed by atoms with van der Waals surface area (Å²) in [4.78, 5) is 106. The molecule has 14 nitrogen and oxygen atoms in total. The number of nitrogens with one attached hydrogen (secondary N) is 1. The number of rotatable bonds is 4. The predicted octanol–water partition coefficient (Wildman–Crippen LogP) is 12.4. The molecule has 91 heavy (non-hydrogen) atoms. The second-order valence-corrected chi connectivity index (χ2v) is 29.0. The molecule has 0 saturated carbocycles. The number of fused-ring (bicyclic) bond motifs is 5. The van der Waals surface area contributed by atoms with E-state index < -0.39 is 11.9 Å². The number of nitrogens with zero attached hydrogens (tertiary/aromatic N) is 1. The number of benzene rings is 5. The molecule has 5 aliphatic carbocycles. The molecule has 0 radical (unpaired) electrons. The zero-order chi connectivity index (χ0) is 68.2. The van der Waals surface area contributed by atoms with E-state index >= 15 is 0 Å². The summed E-state index contributed by atoms with van der Waals surface area (Å²) in [5.74, 6) is -2.11. The van der Waals surface area contributed by atoms with Crippen LogP contribution in [-0.4, -0.2) is 88.9 Å². The Morgan fingerprint density at radius 3 is 0.945 bits per heavy atom. The Morgan fingerprint density at radius 1 is 0.396 bits per heavy atom. The molecule has 0 saturated heterocycles. The number of nitrogens with two attached hydrogens (primary N) is 1. The van der Waals surface area contributed by atoms with Gasteiger partial charge in [-0.1, -0.05) is 189 Å². The van der Waals surface area contributed by atoms with Crippen LogP contribution in [0.15, 0.2) is 121 Å². The van der Waals surface area contributed by atoms with Crippen molar-refractivity contribution in [2.45, 2.75) is 163 Å². The zero-order valence-electron chi connectivity index (χ0n) is 56.2. The smallest absolute Gasteiger partial charge is 0.336 e. The topological polar surface area (TPSA) is 235 Å². The van der Waals surface area contributed by atoms with E-state index in [1.807, 2.05) is 78.9 Å². The van der Waals surface area contributed by atoms with E-state index in [2.05, 4.69) is 121 Å². The van der Waals surface area contributed by atoms with Gasteiger partial charge in [0.15, 0.2) is 28.9 Å². The molecule has 0 heterocycles. The van der Waals surface area contributed by atoms with Crippen molar-refractivity contribution in [3.63, 3.8) is 0 Å². The lowest BCUT2D eigenvalue weighted by Crippen LogP contribution is -2.26. The summed E-state index contributed by atoms with van der Waals surface area (Å²) in [6.07, 6.45) is 8.62. The maximum atomic E-state index is 12.3. The lowest BCUT2D eigenvalue weighted by Gasteiger charge is -2.24. The summed E-state index contributed by atoms with van der Waals surface area (Å²) in [5, 5.41) is 21.5. The molecule has 478 valence electrons. The van der Waals surface area contributed by atoms with E-state index in [9.17, 15) is 53.4 Å². The number of carboxylic acid groups (broad SMARTS) is 1. The minimum Gasteiger partial charge on any atom is -0.507 e. The van der Waals surface area contributed by atoms with Crippen LogP contribution in [0.2, 0.25) is 0 Å². The summed E-state index contributed by atoms with van der Waals surface area (Å²) in [7, 11) is 4.99. The van der Waals surface area contributed by atoms with Crippen LogP contribution in [-0.2, 0) is 102 Å². The molecule has 5 N–H and O–H groups in total. The third-order valence-electron chi connectivity index (χ3n) is 16.3. The first-order chi connectivity index (χ1) is 42.0. The Kier molecular flexibility index (Phi) is 21.4. The van der Waals surface area contributed by atoms with Gasteiger partial charge in [0.2, 0.25) is 5.91 Å². The van der Waals surface area contributed by atoms with Gasteiger partial charge in [0.1, 0.15) is 5.76 Å². The molecule has 14 heteroatoms. The first kappa shape index (κ1) is 70.9. The Labute approximate surface area is 536 Å². The molecule has 0 fully saturated rings. The molecule has 5 aromatic carbocycles. The molecule has 5 aromatic rings. The minimum atomic E-state index is -1.05. The van der Waals surface area contributed by atoms with Gasteiger partial charge in [-0.2, -0.15) is 0 Å². The van der Waals surface area contributed by atoms with Gasteiger partial charge >= 0.3 is 5.97 Å². The molecule has 0 unspecified atom stereocenters. The number of hydrogen-bond acceptors (Lipinski definition) is 10. The van der Waals surface area contributed by atoms with Crippen molar-refractivity contribution in [1.29, 1.82) is 0 Å². The van der Waals surface area contributed by atoms with Crippen molar-refractivity contribution in [3.05, 3.63) is 205 Å². The number of hydrogen-bond donors (Lipinski definition) is 4. The summed E-state index contributed by atoms with van der Waals surface area (Å²) < 4.78 is 0. The number of likely N-dealkylation sites (N-methyl/N-ethyl adjacent to an activating group) is 2. The number of allylic oxidation sites excluding steroid dienone is 5. The largest absolute Gasteiger partial charge is 0.507 e. The van der Waals surface area contributed by atoms with Crippen LogP contribution < -0.4 is 11.1 Å². The Morgan fingerprint density at radius 2 is 0.648 bits per heavy atom. The van der Waals surface area contributed by atoms with E-state index in [-0.39, 0.29) is 85.6 Å². The number of aliphatic carboxylic acids is 1. The van der Waals surface area contributed by atoms with Crippen LogP contribution in [0.4, 0.5) is 0 Å². The van der Waals surface area contributed by atoms with Crippen molar-refractivity contribution < 1.29 is 53.4 Å². The van der Waals surface area contributed by atoms with Crippen LogP contribution in [0.3, 0.4) is 0 Å². The number of ketones is 5. The quantitative estimate of drug-likeness (QED) is 0.132.